The molecule has 198 valence electrons. The molecule has 0 atom stereocenters. The van der Waals surface area contributed by atoms with Crippen LogP contribution in [0.15, 0.2) is 72.8 Å². The fourth-order valence-corrected chi connectivity index (χ4v) is 3.04. The van der Waals surface area contributed by atoms with E-state index in [0.717, 1.165) is 42.6 Å². The molecule has 0 fully saturated rings. The summed E-state index contributed by atoms with van der Waals surface area (Å²) in [7, 11) is 0. The Balaban J connectivity index is 1.61. The molecule has 0 heterocycles. The van der Waals surface area contributed by atoms with E-state index in [9.17, 15) is 9.59 Å². The average Bonchev–Trinajstić information content (AvgIpc) is 2.91. The molecule has 0 aliphatic carbocycles. The lowest BCUT2D eigenvalue weighted by Crippen LogP contribution is -2.12. The van der Waals surface area contributed by atoms with E-state index in [4.69, 9.17) is 24.1 Å². The Morgan fingerprint density at radius 1 is 0.703 bits per heavy atom. The maximum Gasteiger partial charge on any atom is 0.335 e. The molecule has 0 amide bonds. The van der Waals surface area contributed by atoms with E-state index >= 15 is 0 Å². The number of aliphatic hydroxyl groups excluding tert-OH is 1. The maximum absolute atomic E-state index is 11.4. The van der Waals surface area contributed by atoms with Crippen molar-refractivity contribution >= 4 is 24.1 Å². The Morgan fingerprint density at radius 3 is 1.70 bits per heavy atom. The number of rotatable bonds is 17. The second-order valence-corrected chi connectivity index (χ2v) is 8.40. The van der Waals surface area contributed by atoms with Gasteiger partial charge in [0, 0.05) is 5.57 Å². The number of esters is 2. The maximum atomic E-state index is 11.4. The van der Waals surface area contributed by atoms with Crippen LogP contribution in [0.1, 0.15) is 43.7 Å². The van der Waals surface area contributed by atoms with Crippen molar-refractivity contribution in [2.75, 3.05) is 33.0 Å². The van der Waals surface area contributed by atoms with Gasteiger partial charge in [-0.15, -0.1) is 0 Å². The predicted molar refractivity (Wildman–Crippen MR) is 144 cm³/mol. The molecule has 0 aliphatic rings. The van der Waals surface area contributed by atoms with Crippen molar-refractivity contribution in [3.05, 3.63) is 84.0 Å². The zero-order valence-corrected chi connectivity index (χ0v) is 21.4. The molecule has 0 unspecified atom stereocenters. The molecule has 7 nitrogen and oxygen atoms in total. The summed E-state index contributed by atoms with van der Waals surface area (Å²) in [6.45, 7) is 9.61. The Morgan fingerprint density at radius 2 is 1.19 bits per heavy atom. The third-order valence-electron chi connectivity index (χ3n) is 5.18. The standard InChI is InChI=1S/C30H36O7/c1-23(2)29(32)37-21-20-35-28-16-12-26(13-17-28)9-8-25-10-14-27(15-11-25)34-18-6-4-5-7-19-36-30(33)24(3)22-31/h8-17,31H,1,3-7,18-22H2,2H3/b9-8+. The molecule has 37 heavy (non-hydrogen) atoms. The number of hydrogen-bond donors (Lipinski definition) is 1. The molecule has 7 heteroatoms. The molecule has 0 saturated carbocycles. The summed E-state index contributed by atoms with van der Waals surface area (Å²) < 4.78 is 21.4. The first-order valence-electron chi connectivity index (χ1n) is 12.3. The zero-order chi connectivity index (χ0) is 26.9. The first-order chi connectivity index (χ1) is 17.9. The topological polar surface area (TPSA) is 91.3 Å². The number of aliphatic hydroxyl groups is 1. The highest BCUT2D eigenvalue weighted by atomic mass is 16.6. The lowest BCUT2D eigenvalue weighted by molar-refractivity contribution is -0.140. The first kappa shape index (κ1) is 29.4. The fraction of sp³-hybridized carbons (Fsp3) is 0.333. The van der Waals surface area contributed by atoms with Crippen molar-refractivity contribution in [3.63, 3.8) is 0 Å². The minimum absolute atomic E-state index is 0.0765. The van der Waals surface area contributed by atoms with Gasteiger partial charge in [0.05, 0.1) is 25.4 Å². The van der Waals surface area contributed by atoms with Gasteiger partial charge in [0.15, 0.2) is 0 Å². The predicted octanol–water partition coefficient (Wildman–Crippen LogP) is 5.39. The molecular weight excluding hydrogens is 472 g/mol. The van der Waals surface area contributed by atoms with Crippen LogP contribution in [-0.4, -0.2) is 50.1 Å². The summed E-state index contributed by atoms with van der Waals surface area (Å²) in [6, 6.07) is 15.6. The Hall–Kier alpha value is -3.84. The molecule has 1 N–H and O–H groups in total. The average molecular weight is 509 g/mol. The molecule has 0 bridgehead atoms. The van der Waals surface area contributed by atoms with Gasteiger partial charge in [0.25, 0.3) is 0 Å². The smallest absolute Gasteiger partial charge is 0.335 e. The molecule has 0 aromatic heterocycles. The summed E-state index contributed by atoms with van der Waals surface area (Å²) in [5, 5.41) is 8.81. The largest absolute Gasteiger partial charge is 0.494 e. The van der Waals surface area contributed by atoms with Crippen molar-refractivity contribution < 1.29 is 33.6 Å². The number of hydrogen-bond acceptors (Lipinski definition) is 7. The van der Waals surface area contributed by atoms with Gasteiger partial charge < -0.3 is 24.1 Å². The zero-order valence-electron chi connectivity index (χ0n) is 21.4. The van der Waals surface area contributed by atoms with E-state index in [1.54, 1.807) is 6.92 Å². The third kappa shape index (κ3) is 12.1. The Kier molecular flexibility index (Phi) is 13.3. The summed E-state index contributed by atoms with van der Waals surface area (Å²) in [5.41, 5.74) is 2.54. The molecule has 0 spiro atoms. The molecule has 2 rings (SSSR count). The van der Waals surface area contributed by atoms with Gasteiger partial charge in [-0.2, -0.15) is 0 Å². The van der Waals surface area contributed by atoms with Crippen LogP contribution in [0.25, 0.3) is 12.2 Å². The third-order valence-corrected chi connectivity index (χ3v) is 5.18. The van der Waals surface area contributed by atoms with Crippen LogP contribution in [0.5, 0.6) is 11.5 Å². The summed E-state index contributed by atoms with van der Waals surface area (Å²) in [6.07, 6.45) is 7.65. The van der Waals surface area contributed by atoms with E-state index in [0.29, 0.717) is 24.5 Å². The van der Waals surface area contributed by atoms with Crippen molar-refractivity contribution in [3.8, 4) is 11.5 Å². The molecule has 2 aromatic carbocycles. The first-order valence-corrected chi connectivity index (χ1v) is 12.3. The number of ether oxygens (including phenoxy) is 4. The monoisotopic (exact) mass is 508 g/mol. The highest BCUT2D eigenvalue weighted by Crippen LogP contribution is 2.17. The lowest BCUT2D eigenvalue weighted by Gasteiger charge is -2.08. The van der Waals surface area contributed by atoms with E-state index in [1.165, 1.54) is 0 Å². The van der Waals surface area contributed by atoms with Gasteiger partial charge in [-0.3, -0.25) is 0 Å². The summed E-state index contributed by atoms with van der Waals surface area (Å²) in [4.78, 5) is 22.7. The molecule has 0 radical (unpaired) electrons. The Labute approximate surface area is 219 Å². The van der Waals surface area contributed by atoms with E-state index < -0.39 is 11.9 Å². The summed E-state index contributed by atoms with van der Waals surface area (Å²) in [5.74, 6) is 0.575. The SMILES string of the molecule is C=C(C)C(=O)OCCOc1ccc(/C=C/c2ccc(OCCCCCCOC(=O)C(=C)CO)cc2)cc1. The van der Waals surface area contributed by atoms with E-state index in [2.05, 4.69) is 13.2 Å². The van der Waals surface area contributed by atoms with Crippen LogP contribution in [0.4, 0.5) is 0 Å². The number of benzene rings is 2. The van der Waals surface area contributed by atoms with Crippen LogP contribution >= 0.6 is 0 Å². The van der Waals surface area contributed by atoms with Crippen LogP contribution in [0, 0.1) is 0 Å². The van der Waals surface area contributed by atoms with Crippen molar-refractivity contribution in [1.29, 1.82) is 0 Å². The van der Waals surface area contributed by atoms with Gasteiger partial charge >= 0.3 is 11.9 Å². The van der Waals surface area contributed by atoms with Gasteiger partial charge in [-0.25, -0.2) is 9.59 Å². The van der Waals surface area contributed by atoms with Crippen molar-refractivity contribution in [2.24, 2.45) is 0 Å². The van der Waals surface area contributed by atoms with Gasteiger partial charge in [0.1, 0.15) is 24.7 Å². The van der Waals surface area contributed by atoms with Crippen LogP contribution in [0.2, 0.25) is 0 Å². The van der Waals surface area contributed by atoms with Crippen LogP contribution in [0.3, 0.4) is 0 Å². The van der Waals surface area contributed by atoms with Crippen molar-refractivity contribution in [2.45, 2.75) is 32.6 Å². The number of carbonyl (C=O) groups is 2. The van der Waals surface area contributed by atoms with Crippen LogP contribution in [-0.2, 0) is 19.1 Å². The molecular formula is C30H36O7. The van der Waals surface area contributed by atoms with Gasteiger partial charge in [0.2, 0.25) is 0 Å². The second-order valence-electron chi connectivity index (χ2n) is 8.40. The highest BCUT2D eigenvalue weighted by molar-refractivity contribution is 5.88. The number of carbonyl (C=O) groups excluding carboxylic acids is 2. The normalized spacial score (nSPS) is 10.6. The molecule has 0 saturated heterocycles. The highest BCUT2D eigenvalue weighted by Gasteiger charge is 2.06. The summed E-state index contributed by atoms with van der Waals surface area (Å²) >= 11 is 0. The molecule has 0 aliphatic heterocycles. The minimum atomic E-state index is -0.538. The number of unbranched alkanes of at least 4 members (excludes halogenated alkanes) is 3. The minimum Gasteiger partial charge on any atom is -0.494 e. The fourth-order valence-electron chi connectivity index (χ4n) is 3.04. The van der Waals surface area contributed by atoms with Gasteiger partial charge in [-0.1, -0.05) is 49.6 Å². The van der Waals surface area contributed by atoms with E-state index in [-0.39, 0.29) is 25.4 Å². The Bertz CT molecular complexity index is 1040. The van der Waals surface area contributed by atoms with E-state index in [1.807, 2.05) is 60.7 Å². The quantitative estimate of drug-likeness (QED) is 0.133. The molecule has 2 aromatic rings. The van der Waals surface area contributed by atoms with Crippen molar-refractivity contribution in [1.82, 2.24) is 0 Å². The second kappa shape index (κ2) is 16.8. The lowest BCUT2D eigenvalue weighted by atomic mass is 10.1. The van der Waals surface area contributed by atoms with Crippen LogP contribution < -0.4 is 9.47 Å². The van der Waals surface area contributed by atoms with Gasteiger partial charge in [-0.05, 0) is 68.0 Å².